The predicted molar refractivity (Wildman–Crippen MR) is 157 cm³/mol. The van der Waals surface area contributed by atoms with Crippen LogP contribution >= 0.6 is 11.6 Å². The van der Waals surface area contributed by atoms with Gasteiger partial charge in [-0.15, -0.1) is 0 Å². The van der Waals surface area contributed by atoms with E-state index in [4.69, 9.17) is 35.3 Å². The molecular weight excluding hydrogens is 634 g/mol. The van der Waals surface area contributed by atoms with Crippen molar-refractivity contribution in [2.75, 3.05) is 32.5 Å². The summed E-state index contributed by atoms with van der Waals surface area (Å²) >= 11 is 6.54. The predicted octanol–water partition coefficient (Wildman–Crippen LogP) is 2.27. The maximum Gasteiger partial charge on any atom is 0.231 e. The molecule has 1 spiro atoms. The first-order valence-corrected chi connectivity index (χ1v) is 16.2. The third-order valence-corrected chi connectivity index (χ3v) is 10.8. The zero-order chi connectivity index (χ0) is 32.4. The maximum absolute atomic E-state index is 14.2. The van der Waals surface area contributed by atoms with Crippen molar-refractivity contribution in [2.24, 2.45) is 5.92 Å². The van der Waals surface area contributed by atoms with E-state index in [1.807, 2.05) is 0 Å². The van der Waals surface area contributed by atoms with E-state index in [0.717, 1.165) is 0 Å². The second kappa shape index (κ2) is 11.1. The SMILES string of the molecule is COc1cc(OC)c2c(c1Cl)O[C@]1(C2=O)C(O)=C(C(CC(=O)N[C@H]2CS(=O)(=O)C[C@H]2O)c2ccc3c(c2)OCO3)C(=O)C[C@H]1C. The molecule has 6 rings (SSSR count). The largest absolute Gasteiger partial charge is 0.507 e. The number of carbonyl (C=O) groups is 3. The number of hydrogen-bond donors (Lipinski definition) is 3. The molecule has 3 heterocycles. The molecule has 4 aliphatic rings. The fourth-order valence-corrected chi connectivity index (χ4v) is 8.48. The molecule has 1 fully saturated rings. The topological polar surface area (TPSA) is 184 Å². The number of allylic oxidation sites excluding steroid dienone is 1. The van der Waals surface area contributed by atoms with Gasteiger partial charge in [-0.2, -0.15) is 0 Å². The Morgan fingerprint density at radius 2 is 1.84 bits per heavy atom. The molecule has 1 aliphatic carbocycles. The van der Waals surface area contributed by atoms with Crippen LogP contribution in [0.5, 0.6) is 28.7 Å². The summed E-state index contributed by atoms with van der Waals surface area (Å²) in [5.74, 6) is -4.66. The number of nitrogens with one attached hydrogen (secondary N) is 1. The molecule has 45 heavy (non-hydrogen) atoms. The van der Waals surface area contributed by atoms with Gasteiger partial charge in [-0.25, -0.2) is 8.42 Å². The van der Waals surface area contributed by atoms with Gasteiger partial charge in [0.2, 0.25) is 24.1 Å². The number of fused-ring (bicyclic) bond motifs is 2. The van der Waals surface area contributed by atoms with Crippen molar-refractivity contribution in [1.29, 1.82) is 0 Å². The smallest absolute Gasteiger partial charge is 0.231 e. The fraction of sp³-hybridized carbons (Fsp3) is 0.433. The van der Waals surface area contributed by atoms with Gasteiger partial charge >= 0.3 is 0 Å². The molecule has 0 radical (unpaired) electrons. The standard InChI is InChI=1S/C30H30ClNO12S/c1-13-6-17(33)24(28(36)30(13)29(37)25-21(40-2)9-22(41-3)26(31)27(25)44-30)15(14-4-5-19-20(7-14)43-12-42-19)8-23(35)32-16-10-45(38,39)11-18(16)34/h4-5,7,9,13,15-16,18,34,36H,6,8,10-12H2,1-3H3,(H,32,35)/t13-,15?,16+,18-,30+/m1/s1. The third-order valence-electron chi connectivity index (χ3n) is 8.72. The summed E-state index contributed by atoms with van der Waals surface area (Å²) in [5, 5.41) is 24.8. The molecule has 3 N–H and O–H groups in total. The minimum absolute atomic E-state index is 0.0336. The quantitative estimate of drug-likeness (QED) is 0.393. The van der Waals surface area contributed by atoms with Crippen LogP contribution < -0.4 is 29.0 Å². The molecule has 5 atom stereocenters. The molecule has 2 aromatic rings. The lowest BCUT2D eigenvalue weighted by Gasteiger charge is -2.38. The zero-order valence-corrected chi connectivity index (χ0v) is 26.0. The first kappa shape index (κ1) is 31.0. The number of benzene rings is 2. The molecule has 3 aliphatic heterocycles. The van der Waals surface area contributed by atoms with Crippen molar-refractivity contribution in [1.82, 2.24) is 5.32 Å². The average Bonchev–Trinajstić information content (AvgIpc) is 3.65. The Hall–Kier alpha value is -4.01. The molecular formula is C30H30ClNO12S. The summed E-state index contributed by atoms with van der Waals surface area (Å²) in [6.45, 7) is 1.54. The Bertz CT molecular complexity index is 1770. The van der Waals surface area contributed by atoms with Crippen LogP contribution in [0.4, 0.5) is 0 Å². The van der Waals surface area contributed by atoms with E-state index >= 15 is 0 Å². The molecule has 240 valence electrons. The molecule has 0 bridgehead atoms. The Morgan fingerprint density at radius 3 is 2.51 bits per heavy atom. The summed E-state index contributed by atoms with van der Waals surface area (Å²) in [7, 11) is -0.849. The number of methoxy groups -OCH3 is 2. The number of ketones is 2. The normalized spacial score (nSPS) is 26.9. The summed E-state index contributed by atoms with van der Waals surface area (Å²) in [5.41, 5.74) is -2.00. The highest BCUT2D eigenvalue weighted by atomic mass is 35.5. The van der Waals surface area contributed by atoms with Gasteiger partial charge < -0.3 is 39.2 Å². The van der Waals surface area contributed by atoms with Crippen LogP contribution in [0.25, 0.3) is 0 Å². The van der Waals surface area contributed by atoms with Gasteiger partial charge in [0.1, 0.15) is 22.1 Å². The second-order valence-corrected chi connectivity index (χ2v) is 14.0. The molecule has 15 heteroatoms. The minimum atomic E-state index is -3.57. The highest BCUT2D eigenvalue weighted by molar-refractivity contribution is 7.91. The number of aliphatic hydroxyl groups excluding tert-OH is 2. The summed E-state index contributed by atoms with van der Waals surface area (Å²) in [4.78, 5) is 41.4. The number of hydrogen-bond acceptors (Lipinski definition) is 12. The van der Waals surface area contributed by atoms with Crippen LogP contribution in [0.15, 0.2) is 35.6 Å². The van der Waals surface area contributed by atoms with Crippen LogP contribution in [-0.2, 0) is 19.4 Å². The minimum Gasteiger partial charge on any atom is -0.507 e. The van der Waals surface area contributed by atoms with Gasteiger partial charge in [-0.05, 0) is 17.7 Å². The maximum atomic E-state index is 14.2. The van der Waals surface area contributed by atoms with Crippen LogP contribution in [0, 0.1) is 5.92 Å². The van der Waals surface area contributed by atoms with E-state index in [-0.39, 0.29) is 46.6 Å². The molecule has 1 saturated heterocycles. The molecule has 0 aromatic heterocycles. The molecule has 13 nitrogen and oxygen atoms in total. The van der Waals surface area contributed by atoms with Gasteiger partial charge in [-0.1, -0.05) is 24.6 Å². The number of ether oxygens (including phenoxy) is 5. The van der Waals surface area contributed by atoms with Crippen molar-refractivity contribution >= 4 is 38.9 Å². The highest BCUT2D eigenvalue weighted by Gasteiger charge is 2.61. The van der Waals surface area contributed by atoms with Crippen LogP contribution in [-0.4, -0.2) is 86.4 Å². The molecule has 1 amide bonds. The van der Waals surface area contributed by atoms with E-state index < -0.39 is 80.6 Å². The zero-order valence-electron chi connectivity index (χ0n) is 24.4. The number of aliphatic hydroxyl groups is 2. The van der Waals surface area contributed by atoms with Crippen LogP contribution in [0.3, 0.4) is 0 Å². The van der Waals surface area contributed by atoms with Gasteiger partial charge in [0.25, 0.3) is 0 Å². The van der Waals surface area contributed by atoms with Crippen molar-refractivity contribution in [3.63, 3.8) is 0 Å². The third kappa shape index (κ3) is 4.95. The highest BCUT2D eigenvalue weighted by Crippen LogP contribution is 2.56. The second-order valence-electron chi connectivity index (χ2n) is 11.4. The number of Topliss-reactive ketones (excluding diaryl/α,β-unsaturated/α-hetero) is 2. The van der Waals surface area contributed by atoms with Crippen LogP contribution in [0.2, 0.25) is 5.02 Å². The summed E-state index contributed by atoms with van der Waals surface area (Å²) in [6.07, 6.45) is -2.01. The van der Waals surface area contributed by atoms with Gasteiger partial charge in [-0.3, -0.25) is 14.4 Å². The van der Waals surface area contributed by atoms with Crippen molar-refractivity contribution < 1.29 is 56.7 Å². The van der Waals surface area contributed by atoms with Crippen molar-refractivity contribution in [3.05, 3.63) is 51.7 Å². The molecule has 1 unspecified atom stereocenters. The van der Waals surface area contributed by atoms with Gasteiger partial charge in [0.15, 0.2) is 38.6 Å². The molecule has 2 aromatic carbocycles. The Morgan fingerprint density at radius 1 is 1.13 bits per heavy atom. The number of carbonyl (C=O) groups excluding carboxylic acids is 3. The fourth-order valence-electron chi connectivity index (χ4n) is 6.47. The van der Waals surface area contributed by atoms with Crippen molar-refractivity contribution in [3.8, 4) is 28.7 Å². The van der Waals surface area contributed by atoms with Gasteiger partial charge in [0.05, 0.1) is 37.9 Å². The van der Waals surface area contributed by atoms with E-state index in [9.17, 15) is 33.0 Å². The first-order chi connectivity index (χ1) is 21.3. The van der Waals surface area contributed by atoms with E-state index in [1.54, 1.807) is 25.1 Å². The summed E-state index contributed by atoms with van der Waals surface area (Å²) < 4.78 is 51.9. The number of sulfone groups is 1. The first-order valence-electron chi connectivity index (χ1n) is 14.0. The Balaban J connectivity index is 1.46. The van der Waals surface area contributed by atoms with Crippen molar-refractivity contribution in [2.45, 2.75) is 43.4 Å². The average molecular weight is 664 g/mol. The lowest BCUT2D eigenvalue weighted by atomic mass is 9.69. The van der Waals surface area contributed by atoms with E-state index in [2.05, 4.69) is 5.32 Å². The van der Waals surface area contributed by atoms with E-state index in [1.165, 1.54) is 20.3 Å². The number of rotatable bonds is 7. The lowest BCUT2D eigenvalue weighted by Crippen LogP contribution is -2.53. The number of halogens is 1. The number of amides is 1. The van der Waals surface area contributed by atoms with E-state index in [0.29, 0.717) is 17.1 Å². The molecule has 0 saturated carbocycles. The summed E-state index contributed by atoms with van der Waals surface area (Å²) in [6, 6.07) is 5.09. The Kier molecular flexibility index (Phi) is 7.65. The van der Waals surface area contributed by atoms with Gasteiger partial charge in [0, 0.05) is 36.3 Å². The lowest BCUT2D eigenvalue weighted by molar-refractivity contribution is -0.122. The monoisotopic (exact) mass is 663 g/mol. The van der Waals surface area contributed by atoms with Crippen LogP contribution in [0.1, 0.15) is 41.6 Å². The Labute approximate surface area is 262 Å².